The van der Waals surface area contributed by atoms with E-state index in [1.165, 1.54) is 30.5 Å². The highest BCUT2D eigenvalue weighted by Crippen LogP contribution is 2.32. The van der Waals surface area contributed by atoms with Crippen LogP contribution in [0.15, 0.2) is 42.6 Å². The van der Waals surface area contributed by atoms with Gasteiger partial charge in [0.05, 0.1) is 23.0 Å². The Morgan fingerprint density at radius 3 is 2.36 bits per heavy atom. The van der Waals surface area contributed by atoms with Gasteiger partial charge in [-0.1, -0.05) is 12.1 Å². The first-order chi connectivity index (χ1) is 13.2. The van der Waals surface area contributed by atoms with Crippen molar-refractivity contribution in [3.8, 4) is 17.0 Å². The van der Waals surface area contributed by atoms with Crippen molar-refractivity contribution in [2.75, 3.05) is 6.54 Å². The van der Waals surface area contributed by atoms with Crippen LogP contribution >= 0.6 is 0 Å². The lowest BCUT2D eigenvalue weighted by Gasteiger charge is -2.09. The lowest BCUT2D eigenvalue weighted by atomic mass is 10.1. The number of amides is 1. The fourth-order valence-corrected chi connectivity index (χ4v) is 2.48. The maximum atomic E-state index is 12.7. The van der Waals surface area contributed by atoms with Crippen molar-refractivity contribution in [2.45, 2.75) is 6.18 Å². The average Bonchev–Trinajstić information content (AvgIpc) is 2.65. The highest BCUT2D eigenvalue weighted by Gasteiger charge is 2.30. The van der Waals surface area contributed by atoms with Crippen molar-refractivity contribution in [3.05, 3.63) is 53.9 Å². The average molecular weight is 391 g/mol. The molecule has 0 saturated carbocycles. The molecule has 0 fully saturated rings. The number of aromatic hydroxyl groups is 1. The predicted octanol–water partition coefficient (Wildman–Crippen LogP) is 2.84. The number of carboxylic acid groups (broad SMARTS) is 1. The number of carboxylic acids is 1. The summed E-state index contributed by atoms with van der Waals surface area (Å²) in [6.07, 6.45) is -3.24. The van der Waals surface area contributed by atoms with Gasteiger partial charge in [0.15, 0.2) is 11.4 Å². The molecule has 144 valence electrons. The Bertz CT molecular complexity index is 1070. The van der Waals surface area contributed by atoms with Gasteiger partial charge in [-0.2, -0.15) is 13.2 Å². The van der Waals surface area contributed by atoms with Crippen LogP contribution in [0.25, 0.3) is 22.2 Å². The second-order valence-corrected chi connectivity index (χ2v) is 5.74. The number of rotatable bonds is 4. The largest absolute Gasteiger partial charge is 0.505 e. The zero-order valence-electron chi connectivity index (χ0n) is 14.0. The van der Waals surface area contributed by atoms with E-state index in [-0.39, 0.29) is 16.6 Å². The van der Waals surface area contributed by atoms with Gasteiger partial charge in [-0.15, -0.1) is 0 Å². The maximum absolute atomic E-state index is 12.7. The van der Waals surface area contributed by atoms with Gasteiger partial charge < -0.3 is 15.5 Å². The molecule has 2 heterocycles. The number of benzene rings is 1. The summed E-state index contributed by atoms with van der Waals surface area (Å²) < 4.78 is 38.0. The molecule has 7 nitrogen and oxygen atoms in total. The Kier molecular flexibility index (Phi) is 4.87. The first-order valence-electron chi connectivity index (χ1n) is 7.83. The maximum Gasteiger partial charge on any atom is 0.416 e. The number of hydrogen-bond acceptors (Lipinski definition) is 5. The zero-order chi connectivity index (χ0) is 20.5. The Morgan fingerprint density at radius 1 is 1.07 bits per heavy atom. The first kappa shape index (κ1) is 19.1. The first-order valence-corrected chi connectivity index (χ1v) is 7.83. The van der Waals surface area contributed by atoms with Crippen LogP contribution in [0.3, 0.4) is 0 Å². The number of nitrogens with zero attached hydrogens (tertiary/aromatic N) is 2. The molecular weight excluding hydrogens is 379 g/mol. The molecule has 0 spiro atoms. The van der Waals surface area contributed by atoms with Gasteiger partial charge in [0, 0.05) is 10.9 Å². The summed E-state index contributed by atoms with van der Waals surface area (Å²) in [6, 6.07) is 7.35. The van der Waals surface area contributed by atoms with Crippen LogP contribution in [-0.2, 0) is 11.0 Å². The molecule has 0 atom stereocenters. The number of alkyl halides is 3. The second-order valence-electron chi connectivity index (χ2n) is 5.74. The third kappa shape index (κ3) is 3.85. The molecule has 0 bridgehead atoms. The van der Waals surface area contributed by atoms with Crippen molar-refractivity contribution in [2.24, 2.45) is 0 Å². The molecule has 3 aromatic rings. The molecule has 1 amide bonds. The minimum absolute atomic E-state index is 0.186. The number of nitrogens with one attached hydrogen (secondary N) is 1. The number of aromatic nitrogens is 2. The highest BCUT2D eigenvalue weighted by atomic mass is 19.4. The predicted molar refractivity (Wildman–Crippen MR) is 91.6 cm³/mol. The second kappa shape index (κ2) is 7.14. The van der Waals surface area contributed by atoms with Gasteiger partial charge in [-0.3, -0.25) is 9.59 Å². The highest BCUT2D eigenvalue weighted by molar-refractivity contribution is 6.01. The van der Waals surface area contributed by atoms with Crippen molar-refractivity contribution < 1.29 is 33.0 Å². The van der Waals surface area contributed by atoms with Crippen LogP contribution in [0.2, 0.25) is 0 Å². The Morgan fingerprint density at radius 2 is 1.75 bits per heavy atom. The van der Waals surface area contributed by atoms with Crippen LogP contribution in [0.4, 0.5) is 13.2 Å². The van der Waals surface area contributed by atoms with E-state index >= 15 is 0 Å². The molecule has 1 aromatic carbocycles. The summed E-state index contributed by atoms with van der Waals surface area (Å²) in [6.45, 7) is -0.636. The molecule has 0 aliphatic rings. The van der Waals surface area contributed by atoms with Gasteiger partial charge in [0.1, 0.15) is 6.54 Å². The van der Waals surface area contributed by atoms with E-state index in [1.807, 2.05) is 0 Å². The van der Waals surface area contributed by atoms with E-state index in [2.05, 4.69) is 15.3 Å². The van der Waals surface area contributed by atoms with Gasteiger partial charge in [0.2, 0.25) is 0 Å². The third-order valence-corrected chi connectivity index (χ3v) is 3.84. The molecule has 2 aromatic heterocycles. The molecule has 3 N–H and O–H groups in total. The minimum Gasteiger partial charge on any atom is -0.505 e. The van der Waals surface area contributed by atoms with Gasteiger partial charge in [0.25, 0.3) is 5.91 Å². The zero-order valence-corrected chi connectivity index (χ0v) is 14.0. The summed E-state index contributed by atoms with van der Waals surface area (Å²) in [5, 5.41) is 21.1. The molecule has 28 heavy (non-hydrogen) atoms. The van der Waals surface area contributed by atoms with Crippen molar-refractivity contribution in [1.82, 2.24) is 15.3 Å². The van der Waals surface area contributed by atoms with Crippen LogP contribution in [-0.4, -0.2) is 38.6 Å². The van der Waals surface area contributed by atoms with Crippen LogP contribution in [0.1, 0.15) is 16.1 Å². The molecule has 3 rings (SSSR count). The summed E-state index contributed by atoms with van der Waals surface area (Å²) in [4.78, 5) is 30.5. The fraction of sp³-hybridized carbons (Fsp3) is 0.111. The Hall–Kier alpha value is -3.69. The Balaban J connectivity index is 1.93. The smallest absolute Gasteiger partial charge is 0.416 e. The van der Waals surface area contributed by atoms with E-state index in [4.69, 9.17) is 5.11 Å². The number of fused-ring (bicyclic) bond motifs is 1. The molecule has 0 aliphatic heterocycles. The summed E-state index contributed by atoms with van der Waals surface area (Å²) in [5.41, 5.74) is -0.154. The monoisotopic (exact) mass is 391 g/mol. The standard InChI is InChI=1S/C18H12F3N3O4/c19-18(20,21)10-3-1-9(2-4-10)12-6-5-11-13(24-12)7-22-15(16(11)27)17(28)23-8-14(25)26/h1-7,27H,8H2,(H,23,28)(H,25,26). The molecule has 0 unspecified atom stereocenters. The lowest BCUT2D eigenvalue weighted by Crippen LogP contribution is -2.29. The number of carbonyl (C=O) groups is 2. The van der Waals surface area contributed by atoms with E-state index in [0.29, 0.717) is 11.3 Å². The van der Waals surface area contributed by atoms with Crippen LogP contribution in [0.5, 0.6) is 5.75 Å². The number of halogens is 3. The molecular formula is C18H12F3N3O4. The van der Waals surface area contributed by atoms with Crippen LogP contribution < -0.4 is 5.32 Å². The number of carbonyl (C=O) groups excluding carboxylic acids is 1. The van der Waals surface area contributed by atoms with E-state index in [9.17, 15) is 27.9 Å². The SMILES string of the molecule is O=C(O)CNC(=O)c1ncc2nc(-c3ccc(C(F)(F)F)cc3)ccc2c1O. The van der Waals surface area contributed by atoms with Gasteiger partial charge >= 0.3 is 12.1 Å². The summed E-state index contributed by atoms with van der Waals surface area (Å²) in [5.74, 6) is -2.60. The van der Waals surface area contributed by atoms with Crippen molar-refractivity contribution in [1.29, 1.82) is 0 Å². The lowest BCUT2D eigenvalue weighted by molar-refractivity contribution is -0.137. The quantitative estimate of drug-likeness (QED) is 0.631. The third-order valence-electron chi connectivity index (χ3n) is 3.84. The molecule has 0 saturated heterocycles. The summed E-state index contributed by atoms with van der Waals surface area (Å²) in [7, 11) is 0. The van der Waals surface area contributed by atoms with E-state index < -0.39 is 35.9 Å². The topological polar surface area (TPSA) is 112 Å². The van der Waals surface area contributed by atoms with Crippen molar-refractivity contribution in [3.63, 3.8) is 0 Å². The normalized spacial score (nSPS) is 11.4. The van der Waals surface area contributed by atoms with E-state index in [1.54, 1.807) is 0 Å². The Labute approximate surface area is 155 Å². The van der Waals surface area contributed by atoms with Crippen molar-refractivity contribution >= 4 is 22.8 Å². The number of pyridine rings is 2. The number of hydrogen-bond donors (Lipinski definition) is 3. The fourth-order valence-electron chi connectivity index (χ4n) is 2.48. The summed E-state index contributed by atoms with van der Waals surface area (Å²) >= 11 is 0. The number of aliphatic carboxylic acids is 1. The minimum atomic E-state index is -4.44. The molecule has 0 radical (unpaired) electrons. The van der Waals surface area contributed by atoms with Gasteiger partial charge in [-0.05, 0) is 24.3 Å². The molecule has 10 heteroatoms. The van der Waals surface area contributed by atoms with Gasteiger partial charge in [-0.25, -0.2) is 9.97 Å². The van der Waals surface area contributed by atoms with E-state index in [0.717, 1.165) is 12.1 Å². The molecule has 0 aliphatic carbocycles. The van der Waals surface area contributed by atoms with Crippen LogP contribution in [0, 0.1) is 0 Å².